The van der Waals surface area contributed by atoms with E-state index in [-0.39, 0.29) is 0 Å². The van der Waals surface area contributed by atoms with Gasteiger partial charge in [0.1, 0.15) is 0 Å². The van der Waals surface area contributed by atoms with Crippen molar-refractivity contribution >= 4 is 15.9 Å². The van der Waals surface area contributed by atoms with Crippen LogP contribution in [-0.4, -0.2) is 25.0 Å². The molecular formula is C18H29BrN2. The maximum atomic E-state index is 3.73. The SMILES string of the molecule is CNCc1ccc(CN2CCC(C(C)(C)C)CC2)c(Br)c1. The number of likely N-dealkylation sites (tertiary alicyclic amines) is 1. The summed E-state index contributed by atoms with van der Waals surface area (Å²) >= 11 is 3.73. The predicted molar refractivity (Wildman–Crippen MR) is 94.4 cm³/mol. The molecule has 0 atom stereocenters. The van der Waals surface area contributed by atoms with E-state index in [1.165, 1.54) is 41.5 Å². The van der Waals surface area contributed by atoms with Crippen molar-refractivity contribution in [3.63, 3.8) is 0 Å². The van der Waals surface area contributed by atoms with Gasteiger partial charge in [-0.05, 0) is 61.5 Å². The maximum absolute atomic E-state index is 3.73. The van der Waals surface area contributed by atoms with Gasteiger partial charge in [0.2, 0.25) is 0 Å². The van der Waals surface area contributed by atoms with Crippen molar-refractivity contribution in [3.8, 4) is 0 Å². The van der Waals surface area contributed by atoms with Crippen LogP contribution in [0.3, 0.4) is 0 Å². The normalized spacial score (nSPS) is 18.1. The third-order valence-electron chi connectivity index (χ3n) is 4.70. The Bertz CT molecular complexity index is 457. The third kappa shape index (κ3) is 4.80. The van der Waals surface area contributed by atoms with Crippen LogP contribution in [0, 0.1) is 11.3 Å². The van der Waals surface area contributed by atoms with E-state index in [2.05, 4.69) is 65.1 Å². The summed E-state index contributed by atoms with van der Waals surface area (Å²) in [7, 11) is 1.99. The quantitative estimate of drug-likeness (QED) is 0.862. The minimum Gasteiger partial charge on any atom is -0.316 e. The van der Waals surface area contributed by atoms with Gasteiger partial charge in [-0.2, -0.15) is 0 Å². The Balaban J connectivity index is 1.92. The van der Waals surface area contributed by atoms with Crippen molar-refractivity contribution in [2.45, 2.75) is 46.7 Å². The molecule has 1 aliphatic rings. The molecule has 0 bridgehead atoms. The van der Waals surface area contributed by atoms with E-state index >= 15 is 0 Å². The molecule has 0 spiro atoms. The second-order valence-electron chi connectivity index (χ2n) is 7.37. The van der Waals surface area contributed by atoms with Gasteiger partial charge in [0, 0.05) is 17.6 Å². The number of hydrogen-bond donors (Lipinski definition) is 1. The van der Waals surface area contributed by atoms with E-state index in [1.54, 1.807) is 0 Å². The van der Waals surface area contributed by atoms with E-state index in [9.17, 15) is 0 Å². The Morgan fingerprint density at radius 2 is 1.90 bits per heavy atom. The molecular weight excluding hydrogens is 324 g/mol. The largest absolute Gasteiger partial charge is 0.316 e. The summed E-state index contributed by atoms with van der Waals surface area (Å²) in [5.74, 6) is 0.871. The number of benzene rings is 1. The Hall–Kier alpha value is -0.380. The van der Waals surface area contributed by atoms with Gasteiger partial charge < -0.3 is 5.32 Å². The summed E-state index contributed by atoms with van der Waals surface area (Å²) in [6.07, 6.45) is 2.66. The van der Waals surface area contributed by atoms with Crippen molar-refractivity contribution in [1.82, 2.24) is 10.2 Å². The fraction of sp³-hybridized carbons (Fsp3) is 0.667. The molecule has 1 heterocycles. The van der Waals surface area contributed by atoms with Crippen LogP contribution in [0.4, 0.5) is 0 Å². The number of hydrogen-bond acceptors (Lipinski definition) is 2. The first-order chi connectivity index (χ1) is 9.90. The number of piperidine rings is 1. The van der Waals surface area contributed by atoms with Crippen molar-refractivity contribution in [2.24, 2.45) is 11.3 Å². The minimum atomic E-state index is 0.460. The van der Waals surface area contributed by atoms with Crippen LogP contribution >= 0.6 is 15.9 Å². The van der Waals surface area contributed by atoms with E-state index in [1.807, 2.05) is 7.05 Å². The molecule has 0 unspecified atom stereocenters. The van der Waals surface area contributed by atoms with E-state index in [4.69, 9.17) is 0 Å². The number of nitrogens with zero attached hydrogens (tertiary/aromatic N) is 1. The summed E-state index contributed by atoms with van der Waals surface area (Å²) in [5.41, 5.74) is 3.20. The first-order valence-electron chi connectivity index (χ1n) is 8.04. The first-order valence-corrected chi connectivity index (χ1v) is 8.83. The highest BCUT2D eigenvalue weighted by molar-refractivity contribution is 9.10. The van der Waals surface area contributed by atoms with Crippen LogP contribution in [0.25, 0.3) is 0 Å². The number of nitrogens with one attached hydrogen (secondary N) is 1. The summed E-state index contributed by atoms with van der Waals surface area (Å²) < 4.78 is 1.24. The average Bonchev–Trinajstić information content (AvgIpc) is 2.42. The summed E-state index contributed by atoms with van der Waals surface area (Å²) in [6.45, 7) is 11.6. The molecule has 0 aromatic heterocycles. The van der Waals surface area contributed by atoms with Gasteiger partial charge in [0.25, 0.3) is 0 Å². The van der Waals surface area contributed by atoms with Gasteiger partial charge in [-0.3, -0.25) is 4.90 Å². The van der Waals surface area contributed by atoms with Crippen LogP contribution in [-0.2, 0) is 13.1 Å². The highest BCUT2D eigenvalue weighted by Gasteiger charge is 2.28. The van der Waals surface area contributed by atoms with Crippen molar-refractivity contribution in [3.05, 3.63) is 33.8 Å². The second kappa shape index (κ2) is 7.26. The lowest BCUT2D eigenvalue weighted by Gasteiger charge is -2.38. The van der Waals surface area contributed by atoms with Crippen LogP contribution < -0.4 is 5.32 Å². The standard InChI is InChI=1S/C18H29BrN2/c1-18(2,3)16-7-9-21(10-8-16)13-15-6-5-14(12-20-4)11-17(15)19/h5-6,11,16,20H,7-10,12-13H2,1-4H3. The minimum absolute atomic E-state index is 0.460. The highest BCUT2D eigenvalue weighted by atomic mass is 79.9. The molecule has 0 amide bonds. The van der Waals surface area contributed by atoms with Gasteiger partial charge in [-0.1, -0.05) is 48.8 Å². The van der Waals surface area contributed by atoms with E-state index in [0.717, 1.165) is 19.0 Å². The molecule has 118 valence electrons. The molecule has 1 fully saturated rings. The van der Waals surface area contributed by atoms with Crippen molar-refractivity contribution in [1.29, 1.82) is 0 Å². The lowest BCUT2D eigenvalue weighted by molar-refractivity contribution is 0.108. The Morgan fingerprint density at radius 3 is 2.43 bits per heavy atom. The zero-order chi connectivity index (χ0) is 15.5. The predicted octanol–water partition coefficient (Wildman–Crippen LogP) is 4.43. The third-order valence-corrected chi connectivity index (χ3v) is 5.44. The van der Waals surface area contributed by atoms with Crippen LogP contribution in [0.5, 0.6) is 0 Å². The van der Waals surface area contributed by atoms with Crippen molar-refractivity contribution in [2.75, 3.05) is 20.1 Å². The molecule has 0 aliphatic carbocycles. The molecule has 1 saturated heterocycles. The highest BCUT2D eigenvalue weighted by Crippen LogP contribution is 2.34. The van der Waals surface area contributed by atoms with Gasteiger partial charge in [-0.25, -0.2) is 0 Å². The van der Waals surface area contributed by atoms with Crippen LogP contribution in [0.2, 0.25) is 0 Å². The summed E-state index contributed by atoms with van der Waals surface area (Å²) in [5, 5.41) is 3.20. The van der Waals surface area contributed by atoms with Crippen LogP contribution in [0.15, 0.2) is 22.7 Å². The van der Waals surface area contributed by atoms with Gasteiger partial charge in [-0.15, -0.1) is 0 Å². The summed E-state index contributed by atoms with van der Waals surface area (Å²) in [6, 6.07) is 6.75. The lowest BCUT2D eigenvalue weighted by Crippen LogP contribution is -2.37. The fourth-order valence-electron chi connectivity index (χ4n) is 3.23. The smallest absolute Gasteiger partial charge is 0.0244 e. The van der Waals surface area contributed by atoms with Crippen molar-refractivity contribution < 1.29 is 0 Å². The molecule has 1 aromatic carbocycles. The zero-order valence-corrected chi connectivity index (χ0v) is 15.5. The molecule has 1 aromatic rings. The van der Waals surface area contributed by atoms with E-state index < -0.39 is 0 Å². The Kier molecular flexibility index (Phi) is 5.87. The van der Waals surface area contributed by atoms with Gasteiger partial charge >= 0.3 is 0 Å². The number of rotatable bonds is 4. The maximum Gasteiger partial charge on any atom is 0.0244 e. The second-order valence-corrected chi connectivity index (χ2v) is 8.23. The Morgan fingerprint density at radius 1 is 1.24 bits per heavy atom. The fourth-order valence-corrected chi connectivity index (χ4v) is 3.78. The van der Waals surface area contributed by atoms with Gasteiger partial charge in [0.15, 0.2) is 0 Å². The molecule has 1 aliphatic heterocycles. The molecule has 2 nitrogen and oxygen atoms in total. The monoisotopic (exact) mass is 352 g/mol. The van der Waals surface area contributed by atoms with E-state index in [0.29, 0.717) is 5.41 Å². The number of halogens is 1. The molecule has 2 rings (SSSR count). The Labute approximate surface area is 138 Å². The molecule has 1 N–H and O–H groups in total. The van der Waals surface area contributed by atoms with Gasteiger partial charge in [0.05, 0.1) is 0 Å². The molecule has 21 heavy (non-hydrogen) atoms. The molecule has 0 saturated carbocycles. The zero-order valence-electron chi connectivity index (χ0n) is 13.9. The first kappa shape index (κ1) is 17.0. The topological polar surface area (TPSA) is 15.3 Å². The lowest BCUT2D eigenvalue weighted by atomic mass is 9.75. The average molecular weight is 353 g/mol. The molecule has 0 radical (unpaired) electrons. The van der Waals surface area contributed by atoms with Crippen LogP contribution in [0.1, 0.15) is 44.7 Å². The molecule has 3 heteroatoms. The summed E-state index contributed by atoms with van der Waals surface area (Å²) in [4.78, 5) is 2.60.